The van der Waals surface area contributed by atoms with Crippen molar-refractivity contribution in [2.75, 3.05) is 39.3 Å². The summed E-state index contributed by atoms with van der Waals surface area (Å²) in [6, 6.07) is 0. The molecular formula is C13H27N3O. The summed E-state index contributed by atoms with van der Waals surface area (Å²) in [6.07, 6.45) is 2.72. The van der Waals surface area contributed by atoms with E-state index in [0.29, 0.717) is 12.3 Å². The lowest BCUT2D eigenvalue weighted by Gasteiger charge is -2.26. The molecule has 1 heterocycles. The minimum absolute atomic E-state index is 0.209. The van der Waals surface area contributed by atoms with Gasteiger partial charge in [0.05, 0.1) is 0 Å². The molecule has 1 fully saturated rings. The summed E-state index contributed by atoms with van der Waals surface area (Å²) in [6.45, 7) is 10.6. The van der Waals surface area contributed by atoms with Crippen molar-refractivity contribution in [3.8, 4) is 0 Å². The molecule has 0 atom stereocenters. The number of carbonyl (C=O) groups excluding carboxylic acids is 1. The molecule has 0 radical (unpaired) electrons. The standard InChI is InChI=1S/C13H27N3O/c1-12(2)5-6-15-13(17)4-3-9-16-10-7-14-8-11-16/h12,14H,3-11H2,1-2H3,(H,15,17). The van der Waals surface area contributed by atoms with Crippen molar-refractivity contribution in [2.24, 2.45) is 5.92 Å². The fourth-order valence-electron chi connectivity index (χ4n) is 1.99. The van der Waals surface area contributed by atoms with E-state index in [4.69, 9.17) is 0 Å². The van der Waals surface area contributed by atoms with Crippen molar-refractivity contribution in [1.82, 2.24) is 15.5 Å². The zero-order valence-corrected chi connectivity index (χ0v) is 11.3. The number of nitrogens with one attached hydrogen (secondary N) is 2. The summed E-state index contributed by atoms with van der Waals surface area (Å²) in [4.78, 5) is 14.0. The summed E-state index contributed by atoms with van der Waals surface area (Å²) in [7, 11) is 0. The third kappa shape index (κ3) is 7.34. The molecule has 0 aliphatic carbocycles. The molecule has 100 valence electrons. The highest BCUT2D eigenvalue weighted by Crippen LogP contribution is 1.99. The van der Waals surface area contributed by atoms with Crippen LogP contribution in [-0.4, -0.2) is 50.1 Å². The Morgan fingerprint density at radius 3 is 2.71 bits per heavy atom. The molecule has 1 aliphatic heterocycles. The summed E-state index contributed by atoms with van der Waals surface area (Å²) < 4.78 is 0. The molecule has 2 N–H and O–H groups in total. The SMILES string of the molecule is CC(C)CCNC(=O)CCCN1CCNCC1. The van der Waals surface area contributed by atoms with Crippen LogP contribution in [0, 0.1) is 5.92 Å². The van der Waals surface area contributed by atoms with Crippen molar-refractivity contribution in [1.29, 1.82) is 0 Å². The number of piperazine rings is 1. The predicted octanol–water partition coefficient (Wildman–Crippen LogP) is 0.834. The van der Waals surface area contributed by atoms with Gasteiger partial charge in [0.15, 0.2) is 0 Å². The number of rotatable bonds is 7. The summed E-state index contributed by atoms with van der Waals surface area (Å²) in [5.41, 5.74) is 0. The molecule has 0 spiro atoms. The summed E-state index contributed by atoms with van der Waals surface area (Å²) in [5.74, 6) is 0.872. The maximum absolute atomic E-state index is 11.5. The highest BCUT2D eigenvalue weighted by Gasteiger charge is 2.09. The maximum Gasteiger partial charge on any atom is 0.220 e. The van der Waals surface area contributed by atoms with E-state index in [1.165, 1.54) is 0 Å². The molecule has 1 saturated heterocycles. The van der Waals surface area contributed by atoms with Gasteiger partial charge in [-0.25, -0.2) is 0 Å². The second-order valence-corrected chi connectivity index (χ2v) is 5.23. The zero-order valence-electron chi connectivity index (χ0n) is 11.3. The fourth-order valence-corrected chi connectivity index (χ4v) is 1.99. The molecule has 1 rings (SSSR count). The Bertz CT molecular complexity index is 213. The van der Waals surface area contributed by atoms with Gasteiger partial charge in [-0.2, -0.15) is 0 Å². The molecule has 0 aromatic rings. The fraction of sp³-hybridized carbons (Fsp3) is 0.923. The van der Waals surface area contributed by atoms with Gasteiger partial charge in [0.25, 0.3) is 0 Å². The van der Waals surface area contributed by atoms with Crippen LogP contribution in [-0.2, 0) is 4.79 Å². The summed E-state index contributed by atoms with van der Waals surface area (Å²) >= 11 is 0. The first-order chi connectivity index (χ1) is 8.18. The Hall–Kier alpha value is -0.610. The third-order valence-corrected chi connectivity index (χ3v) is 3.13. The third-order valence-electron chi connectivity index (χ3n) is 3.13. The lowest BCUT2D eigenvalue weighted by molar-refractivity contribution is -0.121. The van der Waals surface area contributed by atoms with Crippen LogP contribution in [0.5, 0.6) is 0 Å². The molecular weight excluding hydrogens is 214 g/mol. The van der Waals surface area contributed by atoms with Crippen LogP contribution in [0.25, 0.3) is 0 Å². The molecule has 1 amide bonds. The van der Waals surface area contributed by atoms with Gasteiger partial charge in [0, 0.05) is 39.1 Å². The first-order valence-corrected chi connectivity index (χ1v) is 6.88. The van der Waals surface area contributed by atoms with Gasteiger partial charge in [-0.3, -0.25) is 4.79 Å². The van der Waals surface area contributed by atoms with Crippen molar-refractivity contribution in [2.45, 2.75) is 33.1 Å². The average Bonchev–Trinajstić information content (AvgIpc) is 2.30. The topological polar surface area (TPSA) is 44.4 Å². The quantitative estimate of drug-likeness (QED) is 0.694. The van der Waals surface area contributed by atoms with Crippen LogP contribution in [0.15, 0.2) is 0 Å². The van der Waals surface area contributed by atoms with Gasteiger partial charge >= 0.3 is 0 Å². The molecule has 0 saturated carbocycles. The molecule has 0 bridgehead atoms. The number of amides is 1. The number of nitrogens with zero attached hydrogens (tertiary/aromatic N) is 1. The van der Waals surface area contributed by atoms with Crippen LogP contribution < -0.4 is 10.6 Å². The Labute approximate surface area is 105 Å². The van der Waals surface area contributed by atoms with Crippen LogP contribution in [0.4, 0.5) is 0 Å². The van der Waals surface area contributed by atoms with E-state index in [0.717, 1.165) is 52.1 Å². The lowest BCUT2D eigenvalue weighted by atomic mass is 10.1. The van der Waals surface area contributed by atoms with Crippen LogP contribution >= 0.6 is 0 Å². The normalized spacial score (nSPS) is 17.4. The predicted molar refractivity (Wildman–Crippen MR) is 71.0 cm³/mol. The van der Waals surface area contributed by atoms with Gasteiger partial charge in [-0.15, -0.1) is 0 Å². The zero-order chi connectivity index (χ0) is 12.5. The van der Waals surface area contributed by atoms with E-state index in [9.17, 15) is 4.79 Å². The van der Waals surface area contributed by atoms with E-state index in [1.54, 1.807) is 0 Å². The largest absolute Gasteiger partial charge is 0.356 e. The van der Waals surface area contributed by atoms with Crippen LogP contribution in [0.1, 0.15) is 33.1 Å². The van der Waals surface area contributed by atoms with Gasteiger partial charge in [0.1, 0.15) is 0 Å². The molecule has 4 nitrogen and oxygen atoms in total. The number of carbonyl (C=O) groups is 1. The lowest BCUT2D eigenvalue weighted by Crippen LogP contribution is -2.43. The average molecular weight is 241 g/mol. The highest BCUT2D eigenvalue weighted by atomic mass is 16.1. The highest BCUT2D eigenvalue weighted by molar-refractivity contribution is 5.75. The van der Waals surface area contributed by atoms with E-state index in [-0.39, 0.29) is 5.91 Å². The van der Waals surface area contributed by atoms with E-state index in [2.05, 4.69) is 29.4 Å². The minimum atomic E-state index is 0.209. The van der Waals surface area contributed by atoms with Gasteiger partial charge in [0.2, 0.25) is 5.91 Å². The van der Waals surface area contributed by atoms with Gasteiger partial charge in [-0.05, 0) is 25.3 Å². The second-order valence-electron chi connectivity index (χ2n) is 5.23. The smallest absolute Gasteiger partial charge is 0.220 e. The van der Waals surface area contributed by atoms with Crippen molar-refractivity contribution in [3.63, 3.8) is 0 Å². The van der Waals surface area contributed by atoms with Crippen molar-refractivity contribution >= 4 is 5.91 Å². The first kappa shape index (κ1) is 14.5. The number of hydrogen-bond acceptors (Lipinski definition) is 3. The van der Waals surface area contributed by atoms with E-state index < -0.39 is 0 Å². The van der Waals surface area contributed by atoms with Crippen LogP contribution in [0.3, 0.4) is 0 Å². The minimum Gasteiger partial charge on any atom is -0.356 e. The van der Waals surface area contributed by atoms with E-state index in [1.807, 2.05) is 0 Å². The van der Waals surface area contributed by atoms with Gasteiger partial charge < -0.3 is 15.5 Å². The van der Waals surface area contributed by atoms with Crippen molar-refractivity contribution < 1.29 is 4.79 Å². The maximum atomic E-state index is 11.5. The van der Waals surface area contributed by atoms with Crippen molar-refractivity contribution in [3.05, 3.63) is 0 Å². The number of hydrogen-bond donors (Lipinski definition) is 2. The monoisotopic (exact) mass is 241 g/mol. The first-order valence-electron chi connectivity index (χ1n) is 6.88. The molecule has 4 heteroatoms. The van der Waals surface area contributed by atoms with Gasteiger partial charge in [-0.1, -0.05) is 13.8 Å². The second kappa shape index (κ2) is 8.48. The molecule has 0 aromatic heterocycles. The molecule has 0 aromatic carbocycles. The molecule has 1 aliphatic rings. The Kier molecular flexibility index (Phi) is 7.21. The Morgan fingerprint density at radius 2 is 2.06 bits per heavy atom. The van der Waals surface area contributed by atoms with Crippen LogP contribution in [0.2, 0.25) is 0 Å². The Balaban J connectivity index is 1.95. The van der Waals surface area contributed by atoms with E-state index >= 15 is 0 Å². The molecule has 0 unspecified atom stereocenters. The Morgan fingerprint density at radius 1 is 1.35 bits per heavy atom. The molecule has 17 heavy (non-hydrogen) atoms. The summed E-state index contributed by atoms with van der Waals surface area (Å²) in [5, 5.41) is 6.31.